The fourth-order valence-corrected chi connectivity index (χ4v) is 3.79. The van der Waals surface area contributed by atoms with Crippen molar-refractivity contribution in [3.8, 4) is 0 Å². The SMILES string of the molecule is Cc1sc(C(=O)NN)cc1CN(C)CC1CCCC1. The van der Waals surface area contributed by atoms with Crippen LogP contribution in [0.1, 0.15) is 45.8 Å². The summed E-state index contributed by atoms with van der Waals surface area (Å²) in [5.74, 6) is 5.83. The van der Waals surface area contributed by atoms with E-state index in [0.717, 1.165) is 19.0 Å². The number of nitrogens with one attached hydrogen (secondary N) is 1. The van der Waals surface area contributed by atoms with Crippen LogP contribution in [-0.2, 0) is 6.54 Å². The van der Waals surface area contributed by atoms with Gasteiger partial charge in [0.15, 0.2) is 0 Å². The second-order valence-electron chi connectivity index (χ2n) is 5.51. The van der Waals surface area contributed by atoms with Gasteiger partial charge in [-0.3, -0.25) is 10.2 Å². The average molecular weight is 281 g/mol. The van der Waals surface area contributed by atoms with E-state index in [1.807, 2.05) is 6.07 Å². The van der Waals surface area contributed by atoms with Gasteiger partial charge in [0.05, 0.1) is 4.88 Å². The first-order chi connectivity index (χ1) is 9.10. The van der Waals surface area contributed by atoms with E-state index in [2.05, 4.69) is 24.3 Å². The number of hydrogen-bond acceptors (Lipinski definition) is 4. The van der Waals surface area contributed by atoms with Crippen molar-refractivity contribution in [1.29, 1.82) is 0 Å². The van der Waals surface area contributed by atoms with Gasteiger partial charge in [-0.15, -0.1) is 11.3 Å². The summed E-state index contributed by atoms with van der Waals surface area (Å²) in [6.45, 7) is 4.14. The van der Waals surface area contributed by atoms with Gasteiger partial charge in [0.1, 0.15) is 0 Å². The number of carbonyl (C=O) groups excluding carboxylic acids is 1. The van der Waals surface area contributed by atoms with Gasteiger partial charge >= 0.3 is 0 Å². The van der Waals surface area contributed by atoms with Crippen molar-refractivity contribution in [2.24, 2.45) is 11.8 Å². The number of hydrogen-bond donors (Lipinski definition) is 2. The first-order valence-corrected chi connectivity index (χ1v) is 7.70. The molecule has 1 aliphatic carbocycles. The minimum atomic E-state index is -0.196. The summed E-state index contributed by atoms with van der Waals surface area (Å²) in [5, 5.41) is 0. The number of nitrogens with two attached hydrogens (primary N) is 1. The second-order valence-corrected chi connectivity index (χ2v) is 6.77. The summed E-state index contributed by atoms with van der Waals surface area (Å²) in [4.78, 5) is 15.8. The van der Waals surface area contributed by atoms with Crippen molar-refractivity contribution in [2.45, 2.75) is 39.2 Å². The molecule has 1 amide bonds. The summed E-state index contributed by atoms with van der Waals surface area (Å²) in [6, 6.07) is 1.97. The quantitative estimate of drug-likeness (QED) is 0.494. The lowest BCUT2D eigenvalue weighted by Gasteiger charge is -2.20. The molecule has 2 rings (SSSR count). The molecule has 0 bridgehead atoms. The fourth-order valence-electron chi connectivity index (χ4n) is 2.85. The maximum atomic E-state index is 11.5. The topological polar surface area (TPSA) is 58.4 Å². The summed E-state index contributed by atoms with van der Waals surface area (Å²) in [5.41, 5.74) is 3.43. The standard InChI is InChI=1S/C14H23N3OS/c1-10-12(7-13(19-10)14(18)16-15)9-17(2)8-11-5-3-4-6-11/h7,11H,3-6,8-9,15H2,1-2H3,(H,16,18). The smallest absolute Gasteiger partial charge is 0.275 e. The molecule has 4 nitrogen and oxygen atoms in total. The Morgan fingerprint density at radius 2 is 2.21 bits per heavy atom. The molecule has 1 saturated carbocycles. The van der Waals surface area contributed by atoms with E-state index in [-0.39, 0.29) is 5.91 Å². The number of hydrazine groups is 1. The second kappa shape index (κ2) is 6.50. The lowest BCUT2D eigenvalue weighted by molar-refractivity contribution is 0.0957. The van der Waals surface area contributed by atoms with Crippen LogP contribution in [-0.4, -0.2) is 24.4 Å². The van der Waals surface area contributed by atoms with Crippen LogP contribution in [0.3, 0.4) is 0 Å². The molecule has 0 aromatic carbocycles. The minimum Gasteiger partial charge on any atom is -0.302 e. The third-order valence-electron chi connectivity index (χ3n) is 3.86. The van der Waals surface area contributed by atoms with Crippen molar-refractivity contribution in [2.75, 3.05) is 13.6 Å². The molecule has 0 aliphatic heterocycles. The zero-order valence-corrected chi connectivity index (χ0v) is 12.6. The summed E-state index contributed by atoms with van der Waals surface area (Å²) < 4.78 is 0. The molecule has 3 N–H and O–H groups in total. The fraction of sp³-hybridized carbons (Fsp3) is 0.643. The van der Waals surface area contributed by atoms with Crippen LogP contribution in [0, 0.1) is 12.8 Å². The Balaban J connectivity index is 1.94. The van der Waals surface area contributed by atoms with Gasteiger partial charge in [0.25, 0.3) is 5.91 Å². The molecule has 0 atom stereocenters. The van der Waals surface area contributed by atoms with Crippen molar-refractivity contribution >= 4 is 17.2 Å². The van der Waals surface area contributed by atoms with E-state index < -0.39 is 0 Å². The third-order valence-corrected chi connectivity index (χ3v) is 4.95. The molecular weight excluding hydrogens is 258 g/mol. The molecule has 5 heteroatoms. The van der Waals surface area contributed by atoms with Crippen molar-refractivity contribution < 1.29 is 4.79 Å². The Kier molecular flexibility index (Phi) is 4.96. The van der Waals surface area contributed by atoms with Crippen LogP contribution in [0.2, 0.25) is 0 Å². The number of nitrogen functional groups attached to an aromatic ring is 1. The number of amides is 1. The predicted octanol–water partition coefficient (Wildman–Crippen LogP) is 2.28. The van der Waals surface area contributed by atoms with Gasteiger partial charge in [0.2, 0.25) is 0 Å². The molecule has 0 radical (unpaired) electrons. The Morgan fingerprint density at radius 3 is 2.84 bits per heavy atom. The van der Waals surface area contributed by atoms with Crippen LogP contribution in [0.4, 0.5) is 0 Å². The van der Waals surface area contributed by atoms with Crippen molar-refractivity contribution in [3.63, 3.8) is 0 Å². The van der Waals surface area contributed by atoms with Gasteiger partial charge in [0, 0.05) is 18.0 Å². The van der Waals surface area contributed by atoms with E-state index >= 15 is 0 Å². The van der Waals surface area contributed by atoms with Crippen LogP contribution in [0.25, 0.3) is 0 Å². The molecular formula is C14H23N3OS. The maximum Gasteiger partial charge on any atom is 0.275 e. The Hall–Kier alpha value is -0.910. The first kappa shape index (κ1) is 14.5. The largest absolute Gasteiger partial charge is 0.302 e. The molecule has 0 unspecified atom stereocenters. The molecule has 1 aromatic rings. The monoisotopic (exact) mass is 281 g/mol. The normalized spacial score (nSPS) is 16.2. The molecule has 1 heterocycles. The van der Waals surface area contributed by atoms with E-state index in [0.29, 0.717) is 4.88 Å². The molecule has 106 valence electrons. The van der Waals surface area contributed by atoms with Crippen LogP contribution in [0.5, 0.6) is 0 Å². The minimum absolute atomic E-state index is 0.196. The van der Waals surface area contributed by atoms with Gasteiger partial charge in [-0.2, -0.15) is 0 Å². The molecule has 1 fully saturated rings. The predicted molar refractivity (Wildman–Crippen MR) is 79.0 cm³/mol. The van der Waals surface area contributed by atoms with Crippen molar-refractivity contribution in [3.05, 3.63) is 21.4 Å². The summed E-state index contributed by atoms with van der Waals surface area (Å²) in [7, 11) is 2.16. The van der Waals surface area contributed by atoms with Crippen LogP contribution >= 0.6 is 11.3 Å². The molecule has 0 saturated heterocycles. The highest BCUT2D eigenvalue weighted by Gasteiger charge is 2.18. The van der Waals surface area contributed by atoms with E-state index in [1.165, 1.54) is 47.5 Å². The van der Waals surface area contributed by atoms with E-state index in [1.54, 1.807) is 0 Å². The highest BCUT2D eigenvalue weighted by Crippen LogP contribution is 2.27. The maximum absolute atomic E-state index is 11.5. The van der Waals surface area contributed by atoms with Gasteiger partial charge in [-0.25, -0.2) is 5.84 Å². The van der Waals surface area contributed by atoms with Crippen LogP contribution < -0.4 is 11.3 Å². The number of carbonyl (C=O) groups is 1. The van der Waals surface area contributed by atoms with Gasteiger partial charge < -0.3 is 4.90 Å². The molecule has 0 spiro atoms. The highest BCUT2D eigenvalue weighted by atomic mass is 32.1. The summed E-state index contributed by atoms with van der Waals surface area (Å²) in [6.07, 6.45) is 5.51. The van der Waals surface area contributed by atoms with Gasteiger partial charge in [-0.1, -0.05) is 12.8 Å². The highest BCUT2D eigenvalue weighted by molar-refractivity contribution is 7.14. The average Bonchev–Trinajstić information content (AvgIpc) is 2.99. The lowest BCUT2D eigenvalue weighted by Crippen LogP contribution is -2.29. The molecule has 1 aliphatic rings. The van der Waals surface area contributed by atoms with E-state index in [4.69, 9.17) is 5.84 Å². The zero-order valence-electron chi connectivity index (χ0n) is 11.7. The molecule has 1 aromatic heterocycles. The lowest BCUT2D eigenvalue weighted by atomic mass is 10.1. The third kappa shape index (κ3) is 3.78. The van der Waals surface area contributed by atoms with E-state index in [9.17, 15) is 4.79 Å². The van der Waals surface area contributed by atoms with Gasteiger partial charge in [-0.05, 0) is 44.4 Å². The zero-order chi connectivity index (χ0) is 13.8. The number of nitrogens with zero attached hydrogens (tertiary/aromatic N) is 1. The number of rotatable bonds is 5. The first-order valence-electron chi connectivity index (χ1n) is 6.89. The van der Waals surface area contributed by atoms with Crippen LogP contribution in [0.15, 0.2) is 6.07 Å². The number of aryl methyl sites for hydroxylation is 1. The Morgan fingerprint density at radius 1 is 1.53 bits per heavy atom. The summed E-state index contributed by atoms with van der Waals surface area (Å²) >= 11 is 1.51. The number of thiophene rings is 1. The van der Waals surface area contributed by atoms with Crippen molar-refractivity contribution in [1.82, 2.24) is 10.3 Å². The molecule has 19 heavy (non-hydrogen) atoms. The Bertz CT molecular complexity index is 438. The Labute approximate surface area is 118 Å².